The number of H-pyrrole nitrogens is 4. The molecule has 0 saturated heterocycles. The molecule has 20 heteroatoms. The summed E-state index contributed by atoms with van der Waals surface area (Å²) in [6, 6.07) is 130. The molecule has 4 heterocycles. The number of hydrogen-bond acceptors (Lipinski definition) is 12. The number of hydrogen-bond donors (Lipinski definition) is 5. The first-order chi connectivity index (χ1) is 69.8. The van der Waals surface area contributed by atoms with E-state index in [2.05, 4.69) is 211 Å². The molecule has 144 heavy (non-hydrogen) atoms. The number of allylic oxidation sites excluding steroid dienone is 1. The van der Waals surface area contributed by atoms with Crippen LogP contribution in [-0.4, -0.2) is 99.5 Å². The molecule has 0 saturated carbocycles. The summed E-state index contributed by atoms with van der Waals surface area (Å²) < 4.78 is 21.6. The molecule has 18 rings (SSSR count). The Morgan fingerprint density at radius 1 is 0.410 bits per heavy atom. The number of ketones is 3. The topological polar surface area (TPSA) is 280 Å². The third-order valence-electron chi connectivity index (χ3n) is 22.6. The number of nitrogens with zero attached hydrogens (tertiary/aromatic N) is 4. The van der Waals surface area contributed by atoms with Gasteiger partial charge in [-0.05, 0) is 288 Å². The van der Waals surface area contributed by atoms with Crippen molar-refractivity contribution >= 4 is 45.6 Å². The minimum absolute atomic E-state index is 0. The number of aromatic hydroxyl groups is 1. The highest BCUT2D eigenvalue weighted by Gasteiger charge is 2.23. The molecule has 14 aromatic carbocycles. The Morgan fingerprint density at radius 3 is 1.10 bits per heavy atom. The summed E-state index contributed by atoms with van der Waals surface area (Å²) in [5, 5.41) is 24.7. The number of rotatable bonds is 32. The second kappa shape index (κ2) is 59.9. The first kappa shape index (κ1) is 109. The number of azide groups is 1. The predicted molar refractivity (Wildman–Crippen MR) is 591 cm³/mol. The number of unbranched alkanes of at least 4 members (excludes halogenated alkanes) is 2. The smallest absolute Gasteiger partial charge is 0.211 e. The average molecular weight is 1980 g/mol. The van der Waals surface area contributed by atoms with Crippen LogP contribution in [0.3, 0.4) is 0 Å². The summed E-state index contributed by atoms with van der Waals surface area (Å²) in [6.07, 6.45) is 16.4. The number of ether oxygens (including phenoxy) is 4. The van der Waals surface area contributed by atoms with E-state index < -0.39 is 5.92 Å². The summed E-state index contributed by atoms with van der Waals surface area (Å²) in [7, 11) is 3.16. The zero-order valence-corrected chi connectivity index (χ0v) is 82.6. The summed E-state index contributed by atoms with van der Waals surface area (Å²) in [6.45, 7) is 9.38. The number of nitro groups is 1. The van der Waals surface area contributed by atoms with Crippen molar-refractivity contribution in [3.63, 3.8) is 0 Å². The lowest BCUT2D eigenvalue weighted by Crippen LogP contribution is -2.16. The standard InChI is InChI=1S/C20H20BrNO.C20H20N4O.C17H17NO4.C17H15N.C17H16O2.C16H13NO.C9H10O.C7H6O.CH4/c21-12-4-5-13-23-19-10-8-17(9-11-19)20-14-18(15-22-20)16-6-2-1-3-7-16;21-24-23-12-4-5-13-25-19-10-8-17(9-11-19)20-14-18(15-22-20)16-6-2-1-3-7-16;1-22-16-9-7-14(8-10-16)17(19)11-15(12-18(20)21)13-5-3-2-4-6-13;1-13-7-9-15(10-8-13)17-11-16(12-18-17)14-5-3-2-4-6-14;1-13-3-5-14(6-4-13)7-12-17(18)15-8-10-16(19-2)11-9-15;18-15-8-6-13(7-9-15)16-10-14(11-17-16)12-4-2-1-3-5-12;1-7-3-5-9(6-4-7)8(2)10;8-6-7-4-2-1-3-5-7;/h1-3,6-11,14-15,22H,4-5,12-13H2;1-3,6-11,14-15,22H,4-5,12-13H2;2-10,15H,11-12H2,1H3;2-12,18H,1H3;3-12H,1-2H3;1-11,17-18H;3-6H,1-2H3;1-6H;1H4/b;;;;12-7+;;;;. The third kappa shape index (κ3) is 36.9. The van der Waals surface area contributed by atoms with Crippen LogP contribution in [0.25, 0.3) is 106 Å². The molecule has 1 unspecified atom stereocenters. The molecule has 0 aliphatic rings. The van der Waals surface area contributed by atoms with E-state index in [1.807, 2.05) is 214 Å². The van der Waals surface area contributed by atoms with E-state index in [9.17, 15) is 34.4 Å². The maximum atomic E-state index is 12.3. The van der Waals surface area contributed by atoms with Crippen LogP contribution >= 0.6 is 15.9 Å². The molecular weight excluding hydrogens is 1860 g/mol. The maximum absolute atomic E-state index is 12.3. The van der Waals surface area contributed by atoms with Crippen molar-refractivity contribution in [2.75, 3.05) is 45.9 Å². The molecule has 5 N–H and O–H groups in total. The SMILES string of the molecule is BrCCCCOc1ccc(-c2cc(-c3ccccc3)c[nH]2)cc1.C.CC(=O)c1ccc(C)cc1.COc1ccc(C(=O)/C=C/c2ccc(C)cc2)cc1.COc1ccc(C(=O)CC(C[N+](=O)[O-])c2ccccc2)cc1.Cc1ccc(-c2cc(-c3ccccc3)c[nH]2)cc1.O=Cc1ccccc1.Oc1ccc(-c2cc(-c3ccccc3)c[nH]2)cc1.[N-]=[N+]=NCCCCOc1ccc(-c2cc(-c3ccccc3)c[nH]2)cc1. The van der Waals surface area contributed by atoms with Gasteiger partial charge in [-0.25, -0.2) is 0 Å². The first-order valence-electron chi connectivity index (χ1n) is 47.0. The molecular formula is C124H121BrN8O11. The van der Waals surface area contributed by atoms with Crippen LogP contribution in [0.1, 0.15) is 122 Å². The van der Waals surface area contributed by atoms with Gasteiger partial charge in [0.15, 0.2) is 17.3 Å². The highest BCUT2D eigenvalue weighted by Crippen LogP contribution is 2.33. The second-order valence-corrected chi connectivity index (χ2v) is 33.9. The van der Waals surface area contributed by atoms with Crippen molar-refractivity contribution in [1.82, 2.24) is 19.9 Å². The minimum atomic E-state index is -0.425. The lowest BCUT2D eigenvalue weighted by Gasteiger charge is -2.12. The normalized spacial score (nSPS) is 10.4. The monoisotopic (exact) mass is 1980 g/mol. The number of Topliss-reactive ketones (excluding diaryl/α,β-unsaturated/α-hetero) is 2. The van der Waals surface area contributed by atoms with Gasteiger partial charge in [0.05, 0.1) is 33.4 Å². The predicted octanol–water partition coefficient (Wildman–Crippen LogP) is 32.0. The average Bonchev–Trinajstić information content (AvgIpc) is 1.71. The Balaban J connectivity index is 0.000000171. The van der Waals surface area contributed by atoms with Gasteiger partial charge in [0.1, 0.15) is 35.0 Å². The summed E-state index contributed by atoms with van der Waals surface area (Å²) in [5.41, 5.74) is 35.0. The van der Waals surface area contributed by atoms with Crippen molar-refractivity contribution in [2.24, 2.45) is 5.11 Å². The Kier molecular flexibility index (Phi) is 45.3. The molecule has 0 aliphatic heterocycles. The van der Waals surface area contributed by atoms with Crippen LogP contribution < -0.4 is 18.9 Å². The van der Waals surface area contributed by atoms with E-state index in [4.69, 9.17) is 24.5 Å². The van der Waals surface area contributed by atoms with Gasteiger partial charge in [0.25, 0.3) is 0 Å². The Labute approximate surface area is 852 Å². The molecule has 730 valence electrons. The molecule has 0 aliphatic carbocycles. The van der Waals surface area contributed by atoms with Crippen LogP contribution in [0.15, 0.2) is 436 Å². The third-order valence-corrected chi connectivity index (χ3v) is 23.1. The number of halogens is 1. The molecule has 0 radical (unpaired) electrons. The van der Waals surface area contributed by atoms with E-state index >= 15 is 0 Å². The van der Waals surface area contributed by atoms with Gasteiger partial charge in [-0.1, -0.05) is 306 Å². The van der Waals surface area contributed by atoms with Gasteiger partial charge in [0.2, 0.25) is 6.54 Å². The first-order valence-corrected chi connectivity index (χ1v) is 48.1. The number of aromatic nitrogens is 4. The molecule has 0 amide bonds. The summed E-state index contributed by atoms with van der Waals surface area (Å²) in [4.78, 5) is 71.6. The fraction of sp³-hybridized carbons (Fsp3) is 0.145. The zero-order valence-electron chi connectivity index (χ0n) is 81.0. The van der Waals surface area contributed by atoms with E-state index in [1.165, 1.54) is 72.3 Å². The lowest BCUT2D eigenvalue weighted by molar-refractivity contribution is -0.483. The number of carbonyl (C=O) groups excluding carboxylic acids is 4. The summed E-state index contributed by atoms with van der Waals surface area (Å²) >= 11 is 3.43. The maximum Gasteiger partial charge on any atom is 0.211 e. The van der Waals surface area contributed by atoms with E-state index in [0.717, 1.165) is 117 Å². The van der Waals surface area contributed by atoms with Gasteiger partial charge in [-0.15, -0.1) is 0 Å². The molecule has 19 nitrogen and oxygen atoms in total. The largest absolute Gasteiger partial charge is 0.508 e. The molecule has 1 atom stereocenters. The van der Waals surface area contributed by atoms with Crippen LogP contribution in [0.2, 0.25) is 0 Å². The molecule has 4 aromatic heterocycles. The second-order valence-electron chi connectivity index (χ2n) is 33.2. The lowest BCUT2D eigenvalue weighted by atomic mass is 9.91. The molecule has 0 bridgehead atoms. The summed E-state index contributed by atoms with van der Waals surface area (Å²) in [5.74, 6) is 3.06. The Hall–Kier alpha value is -17.2. The molecule has 0 spiro atoms. The van der Waals surface area contributed by atoms with E-state index in [0.29, 0.717) is 30.0 Å². The van der Waals surface area contributed by atoms with Gasteiger partial charge in [0, 0.05) is 97.9 Å². The fourth-order valence-corrected chi connectivity index (χ4v) is 14.9. The zero-order chi connectivity index (χ0) is 101. The number of aryl methyl sites for hydroxylation is 3. The number of alkyl halides is 1. The quantitative estimate of drug-likeness (QED) is 0.00252. The van der Waals surface area contributed by atoms with Crippen LogP contribution in [0, 0.1) is 30.9 Å². The number of phenolic OH excluding ortho intramolecular Hbond substituents is 1. The van der Waals surface area contributed by atoms with Crippen LogP contribution in [-0.2, 0) is 0 Å². The van der Waals surface area contributed by atoms with Gasteiger partial charge in [-0.3, -0.25) is 29.3 Å². The Bertz CT molecular complexity index is 6780. The minimum Gasteiger partial charge on any atom is -0.508 e. The molecule has 18 aromatic rings. The van der Waals surface area contributed by atoms with E-state index in [-0.39, 0.29) is 48.4 Å². The number of carbonyl (C=O) groups is 4. The van der Waals surface area contributed by atoms with Gasteiger partial charge >= 0.3 is 0 Å². The van der Waals surface area contributed by atoms with Crippen molar-refractivity contribution < 1.29 is 48.2 Å². The van der Waals surface area contributed by atoms with Crippen molar-refractivity contribution in [1.29, 1.82) is 0 Å². The van der Waals surface area contributed by atoms with Crippen molar-refractivity contribution in [2.45, 2.75) is 73.1 Å². The van der Waals surface area contributed by atoms with Gasteiger partial charge in [-0.2, -0.15) is 0 Å². The fourth-order valence-electron chi connectivity index (χ4n) is 14.5. The van der Waals surface area contributed by atoms with Crippen molar-refractivity contribution in [3.8, 4) is 118 Å². The van der Waals surface area contributed by atoms with E-state index in [1.54, 1.807) is 100 Å². The number of aldehydes is 1. The highest BCUT2D eigenvalue weighted by atomic mass is 79.9. The highest BCUT2D eigenvalue weighted by molar-refractivity contribution is 9.09. The van der Waals surface area contributed by atoms with Crippen LogP contribution in [0.4, 0.5) is 0 Å². The number of benzene rings is 14. The number of phenols is 1. The number of aromatic amines is 4. The molecule has 0 fully saturated rings. The number of methoxy groups -OCH3 is 2. The van der Waals surface area contributed by atoms with Gasteiger partial charge < -0.3 is 44.0 Å². The Morgan fingerprint density at radius 2 is 0.743 bits per heavy atom. The van der Waals surface area contributed by atoms with Crippen LogP contribution in [0.5, 0.6) is 28.7 Å². The number of nitrogens with one attached hydrogen (secondary N) is 4. The van der Waals surface area contributed by atoms with Crippen molar-refractivity contribution in [3.05, 3.63) is 502 Å².